The molecule has 0 fully saturated rings. The smallest absolute Gasteiger partial charge is 0.188 e. The number of aliphatic hydroxyl groups excluding tert-OH is 1. The lowest BCUT2D eigenvalue weighted by atomic mass is 10.4. The van der Waals surface area contributed by atoms with Crippen molar-refractivity contribution in [2.75, 3.05) is 17.2 Å². The highest BCUT2D eigenvalue weighted by atomic mass is 32.2. The summed E-state index contributed by atoms with van der Waals surface area (Å²) in [6.45, 7) is 6.68. The number of nitrogens with zero attached hydrogens (tertiary/aromatic N) is 2. The summed E-state index contributed by atoms with van der Waals surface area (Å²) < 4.78 is 23.6. The van der Waals surface area contributed by atoms with Gasteiger partial charge in [0.15, 0.2) is 11.6 Å². The zero-order chi connectivity index (χ0) is 18.9. The molecular formula is C15H21N5O2S4. The third kappa shape index (κ3) is 6.40. The number of nitrogens with one attached hydrogen (secondary N) is 3. The molecule has 7 nitrogen and oxygen atoms in total. The molecule has 0 radical (unpaired) electrons. The van der Waals surface area contributed by atoms with Crippen LogP contribution in [0.2, 0.25) is 0 Å². The molecule has 0 aliphatic carbocycles. The van der Waals surface area contributed by atoms with E-state index in [-0.39, 0.29) is 5.76 Å². The molecule has 0 saturated carbocycles. The van der Waals surface area contributed by atoms with Crippen LogP contribution in [0, 0.1) is 6.92 Å². The first-order valence-corrected chi connectivity index (χ1v) is 11.3. The summed E-state index contributed by atoms with van der Waals surface area (Å²) >= 11 is 4.04. The summed E-state index contributed by atoms with van der Waals surface area (Å²) in [5.74, 6) is 1.34. The lowest BCUT2D eigenvalue weighted by Gasteiger charge is -2.06. The van der Waals surface area contributed by atoms with Crippen LogP contribution in [0.5, 0.6) is 0 Å². The summed E-state index contributed by atoms with van der Waals surface area (Å²) in [7, 11) is -1.43. The molecule has 0 aliphatic rings. The van der Waals surface area contributed by atoms with Crippen molar-refractivity contribution < 1.29 is 9.32 Å². The van der Waals surface area contributed by atoms with E-state index in [2.05, 4.69) is 43.2 Å². The Morgan fingerprint density at radius 1 is 1.38 bits per heavy atom. The maximum absolute atomic E-state index is 12.0. The number of aliphatic hydroxyl groups is 1. The van der Waals surface area contributed by atoms with Crippen LogP contribution in [0.3, 0.4) is 0 Å². The number of thioether (sulfide) groups is 1. The first-order chi connectivity index (χ1) is 12.5. The van der Waals surface area contributed by atoms with E-state index in [0.29, 0.717) is 29.0 Å². The van der Waals surface area contributed by atoms with Crippen LogP contribution in [-0.2, 0) is 17.5 Å². The summed E-state index contributed by atoms with van der Waals surface area (Å²) in [5.41, 5.74) is 0. The lowest BCUT2D eigenvalue weighted by Crippen LogP contribution is -2.17. The molecule has 0 aromatic carbocycles. The number of rotatable bonds is 10. The summed E-state index contributed by atoms with van der Waals surface area (Å²) in [5, 5.41) is 17.7. The molecule has 0 amide bonds. The van der Waals surface area contributed by atoms with Gasteiger partial charge in [-0.3, -0.25) is 0 Å². The van der Waals surface area contributed by atoms with Crippen molar-refractivity contribution in [2.45, 2.75) is 27.3 Å². The molecule has 0 saturated heterocycles. The van der Waals surface area contributed by atoms with Gasteiger partial charge < -0.3 is 15.7 Å². The number of thiophene rings is 1. The van der Waals surface area contributed by atoms with E-state index in [4.69, 9.17) is 0 Å². The van der Waals surface area contributed by atoms with Gasteiger partial charge in [-0.05, 0) is 31.4 Å². The van der Waals surface area contributed by atoms with Gasteiger partial charge in [-0.25, -0.2) is 8.93 Å². The number of anilines is 2. The molecule has 2 aromatic heterocycles. The second-order valence-electron chi connectivity index (χ2n) is 5.03. The number of hydrogen-bond acceptors (Lipinski definition) is 9. The highest BCUT2D eigenvalue weighted by Gasteiger charge is 2.10. The predicted octanol–water partition coefficient (Wildman–Crippen LogP) is 4.16. The number of aromatic nitrogens is 2. The summed E-state index contributed by atoms with van der Waals surface area (Å²) in [6.07, 6.45) is 1.67. The van der Waals surface area contributed by atoms with Gasteiger partial charge >= 0.3 is 0 Å². The molecule has 1 unspecified atom stereocenters. The van der Waals surface area contributed by atoms with Crippen LogP contribution in [0.15, 0.2) is 33.7 Å². The maximum atomic E-state index is 12.0. The van der Waals surface area contributed by atoms with Gasteiger partial charge in [-0.1, -0.05) is 18.7 Å². The average Bonchev–Trinajstić information content (AvgIpc) is 3.21. The minimum atomic E-state index is -1.43. The van der Waals surface area contributed by atoms with Crippen molar-refractivity contribution in [3.63, 3.8) is 0 Å². The summed E-state index contributed by atoms with van der Waals surface area (Å²) in [6, 6.07) is 4.18. The highest BCUT2D eigenvalue weighted by molar-refractivity contribution is 8.17. The van der Waals surface area contributed by atoms with Gasteiger partial charge in [0.25, 0.3) is 0 Å². The van der Waals surface area contributed by atoms with Crippen molar-refractivity contribution in [2.24, 2.45) is 0 Å². The molecule has 2 aromatic rings. The van der Waals surface area contributed by atoms with Crippen LogP contribution in [0.25, 0.3) is 0 Å². The Kier molecular flexibility index (Phi) is 8.59. The van der Waals surface area contributed by atoms with Gasteiger partial charge in [-0.15, -0.1) is 11.3 Å². The topological polar surface area (TPSA) is 99.2 Å². The van der Waals surface area contributed by atoms with E-state index < -0.39 is 11.0 Å². The number of hydrogen-bond donors (Lipinski definition) is 4. The van der Waals surface area contributed by atoms with Crippen LogP contribution in [0.1, 0.15) is 23.6 Å². The molecule has 1 atom stereocenters. The van der Waals surface area contributed by atoms with Crippen molar-refractivity contribution >= 4 is 57.4 Å². The van der Waals surface area contributed by atoms with Crippen LogP contribution in [-0.4, -0.2) is 24.6 Å². The quantitative estimate of drug-likeness (QED) is 0.419. The van der Waals surface area contributed by atoms with Crippen LogP contribution >= 0.6 is 34.8 Å². The first kappa shape index (κ1) is 20.9. The molecule has 142 valence electrons. The lowest BCUT2D eigenvalue weighted by molar-refractivity contribution is 0.414. The summed E-state index contributed by atoms with van der Waals surface area (Å²) in [4.78, 5) is 2.50. The molecule has 11 heteroatoms. The van der Waals surface area contributed by atoms with Gasteiger partial charge in [0.2, 0.25) is 0 Å². The van der Waals surface area contributed by atoms with Crippen LogP contribution < -0.4 is 15.4 Å². The van der Waals surface area contributed by atoms with E-state index in [1.54, 1.807) is 22.9 Å². The van der Waals surface area contributed by atoms with Crippen molar-refractivity contribution in [3.8, 4) is 0 Å². The normalized spacial score (nSPS) is 13.7. The Balaban J connectivity index is 1.89. The van der Waals surface area contributed by atoms with E-state index in [9.17, 15) is 9.32 Å². The Morgan fingerprint density at radius 2 is 2.15 bits per heavy atom. The van der Waals surface area contributed by atoms with Crippen molar-refractivity contribution in [1.82, 2.24) is 13.5 Å². The SMILES string of the molecule is CCNS(=O)/C(S/C=C/Nc1nsnc1NCc1ccc(C)s1)=C(/C)O. The van der Waals surface area contributed by atoms with E-state index in [1.165, 1.54) is 28.4 Å². The Morgan fingerprint density at radius 3 is 2.81 bits per heavy atom. The molecule has 0 bridgehead atoms. The number of allylic oxidation sites excluding steroid dienone is 1. The largest absolute Gasteiger partial charge is 0.511 e. The number of aryl methyl sites for hydroxylation is 1. The second-order valence-corrected chi connectivity index (χ2v) is 9.34. The molecule has 2 heterocycles. The molecule has 26 heavy (non-hydrogen) atoms. The fourth-order valence-electron chi connectivity index (χ4n) is 1.82. The van der Waals surface area contributed by atoms with Crippen molar-refractivity contribution in [3.05, 3.63) is 43.5 Å². The third-order valence-corrected chi connectivity index (χ3v) is 7.15. The predicted molar refractivity (Wildman–Crippen MR) is 114 cm³/mol. The molecule has 0 spiro atoms. The van der Waals surface area contributed by atoms with Crippen LogP contribution in [0.4, 0.5) is 11.6 Å². The average molecular weight is 432 g/mol. The molecule has 0 aliphatic heterocycles. The fraction of sp³-hybridized carbons (Fsp3) is 0.333. The van der Waals surface area contributed by atoms with Gasteiger partial charge in [0.1, 0.15) is 21.0 Å². The first-order valence-electron chi connectivity index (χ1n) is 7.76. The third-order valence-electron chi connectivity index (χ3n) is 2.92. The van der Waals surface area contributed by atoms with E-state index >= 15 is 0 Å². The zero-order valence-corrected chi connectivity index (χ0v) is 17.9. The Labute approximate surface area is 167 Å². The minimum Gasteiger partial charge on any atom is -0.511 e. The minimum absolute atomic E-state index is 0.0304. The van der Waals surface area contributed by atoms with E-state index in [0.717, 1.165) is 11.7 Å². The zero-order valence-electron chi connectivity index (χ0n) is 14.6. The molecular weight excluding hydrogens is 410 g/mol. The Bertz CT molecular complexity index is 796. The van der Waals surface area contributed by atoms with Gasteiger partial charge in [-0.2, -0.15) is 8.75 Å². The molecule has 2 rings (SSSR count). The van der Waals surface area contributed by atoms with Gasteiger partial charge in [0.05, 0.1) is 18.3 Å². The fourth-order valence-corrected chi connectivity index (χ4v) is 4.93. The van der Waals surface area contributed by atoms with E-state index in [1.807, 2.05) is 6.92 Å². The highest BCUT2D eigenvalue weighted by Crippen LogP contribution is 2.24. The van der Waals surface area contributed by atoms with Gasteiger partial charge in [0, 0.05) is 22.5 Å². The second kappa shape index (κ2) is 10.7. The molecule has 4 N–H and O–H groups in total. The standard InChI is InChI=1S/C15H21N5O2S4/c1-4-18-26(22)15(11(3)21)23-8-7-16-13-14(20-25-19-13)17-9-12-6-5-10(2)24-12/h5-8,18,21H,4,9H2,1-3H3,(H,16,19)(H,17,20)/b8-7+,15-11-. The monoisotopic (exact) mass is 431 g/mol. The van der Waals surface area contributed by atoms with Crippen molar-refractivity contribution in [1.29, 1.82) is 0 Å². The maximum Gasteiger partial charge on any atom is 0.188 e. The Hall–Kier alpha value is -1.40.